The fourth-order valence-corrected chi connectivity index (χ4v) is 3.97. The second-order valence-electron chi connectivity index (χ2n) is 7.41. The van der Waals surface area contributed by atoms with Crippen LogP contribution in [0.3, 0.4) is 0 Å². The molecule has 2 atom stereocenters. The predicted molar refractivity (Wildman–Crippen MR) is 92.3 cm³/mol. The average Bonchev–Trinajstić information content (AvgIpc) is 3.28. The van der Waals surface area contributed by atoms with Gasteiger partial charge in [0.15, 0.2) is 0 Å². The highest BCUT2D eigenvalue weighted by atomic mass is 16.5. The lowest BCUT2D eigenvalue weighted by atomic mass is 10.1. The third-order valence-corrected chi connectivity index (χ3v) is 5.57. The molecule has 3 fully saturated rings. The number of fused-ring (bicyclic) bond motifs is 2. The molecule has 2 amide bonds. The van der Waals surface area contributed by atoms with Gasteiger partial charge in [-0.05, 0) is 37.8 Å². The molecule has 26 heavy (non-hydrogen) atoms. The van der Waals surface area contributed by atoms with E-state index in [1.54, 1.807) is 0 Å². The van der Waals surface area contributed by atoms with Gasteiger partial charge in [0, 0.05) is 42.1 Å². The van der Waals surface area contributed by atoms with E-state index in [2.05, 4.69) is 15.5 Å². The Morgan fingerprint density at radius 3 is 2.65 bits per heavy atom. The number of hydrogen-bond acceptors (Lipinski definition) is 5. The van der Waals surface area contributed by atoms with Crippen molar-refractivity contribution in [3.8, 4) is 11.4 Å². The van der Waals surface area contributed by atoms with Crippen LogP contribution in [0.5, 0.6) is 0 Å². The second-order valence-corrected chi connectivity index (χ2v) is 7.41. The quantitative estimate of drug-likeness (QED) is 0.914. The molecule has 5 rings (SSSR count). The molecule has 3 heterocycles. The number of nitrogens with zero attached hydrogens (tertiary/aromatic N) is 3. The van der Waals surface area contributed by atoms with Gasteiger partial charge in [0.1, 0.15) is 0 Å². The average molecular weight is 352 g/mol. The fourth-order valence-electron chi connectivity index (χ4n) is 3.97. The topological polar surface area (TPSA) is 88.3 Å². The lowest BCUT2D eigenvalue weighted by molar-refractivity contribution is -0.121. The van der Waals surface area contributed by atoms with Crippen LogP contribution >= 0.6 is 0 Å². The molecule has 7 heteroatoms. The molecule has 1 aliphatic carbocycles. The lowest BCUT2D eigenvalue weighted by Crippen LogP contribution is -2.42. The van der Waals surface area contributed by atoms with E-state index in [1.807, 2.05) is 29.2 Å². The number of benzene rings is 1. The van der Waals surface area contributed by atoms with Gasteiger partial charge in [0.05, 0.1) is 0 Å². The van der Waals surface area contributed by atoms with Crippen molar-refractivity contribution in [3.05, 3.63) is 35.7 Å². The molecule has 1 N–H and O–H groups in total. The van der Waals surface area contributed by atoms with E-state index in [-0.39, 0.29) is 23.9 Å². The summed E-state index contributed by atoms with van der Waals surface area (Å²) < 4.78 is 5.30. The maximum absolute atomic E-state index is 13.0. The maximum Gasteiger partial charge on any atom is 0.254 e. The third kappa shape index (κ3) is 2.67. The van der Waals surface area contributed by atoms with Gasteiger partial charge in [-0.15, -0.1) is 0 Å². The predicted octanol–water partition coefficient (Wildman–Crippen LogP) is 2.11. The molecule has 1 aromatic carbocycles. The Morgan fingerprint density at radius 2 is 1.88 bits per heavy atom. The molecule has 1 saturated carbocycles. The highest BCUT2D eigenvalue weighted by Crippen LogP contribution is 2.39. The molecule has 2 bridgehead atoms. The lowest BCUT2D eigenvalue weighted by Gasteiger charge is -2.27. The SMILES string of the molecule is O=C1C[C@H]2CC[C@@H](CN1)N2C(=O)c1ccc(-c2noc(C3CC3)n2)cc1. The molecule has 2 saturated heterocycles. The number of carbonyl (C=O) groups is 2. The minimum atomic E-state index is -0.00710. The summed E-state index contributed by atoms with van der Waals surface area (Å²) in [5.41, 5.74) is 1.47. The van der Waals surface area contributed by atoms with E-state index in [9.17, 15) is 9.59 Å². The summed E-state index contributed by atoms with van der Waals surface area (Å²) in [6.07, 6.45) is 4.47. The number of nitrogens with one attached hydrogen (secondary N) is 1. The number of aromatic nitrogens is 2. The highest BCUT2D eigenvalue weighted by molar-refractivity contribution is 5.96. The number of hydrogen-bond donors (Lipinski definition) is 1. The van der Waals surface area contributed by atoms with Crippen molar-refractivity contribution in [2.24, 2.45) is 0 Å². The van der Waals surface area contributed by atoms with Crippen molar-refractivity contribution in [2.45, 2.75) is 50.1 Å². The zero-order valence-corrected chi connectivity index (χ0v) is 14.4. The van der Waals surface area contributed by atoms with Gasteiger partial charge in [-0.1, -0.05) is 17.3 Å². The summed E-state index contributed by atoms with van der Waals surface area (Å²) in [5, 5.41) is 6.94. The van der Waals surface area contributed by atoms with Crippen molar-refractivity contribution in [3.63, 3.8) is 0 Å². The van der Waals surface area contributed by atoms with Crippen molar-refractivity contribution < 1.29 is 14.1 Å². The van der Waals surface area contributed by atoms with Crippen molar-refractivity contribution >= 4 is 11.8 Å². The van der Waals surface area contributed by atoms with Crippen LogP contribution < -0.4 is 5.32 Å². The van der Waals surface area contributed by atoms with Gasteiger partial charge in [0.2, 0.25) is 17.6 Å². The Balaban J connectivity index is 1.36. The van der Waals surface area contributed by atoms with Gasteiger partial charge in [-0.2, -0.15) is 4.98 Å². The number of carbonyl (C=O) groups excluding carboxylic acids is 2. The normalized spacial score (nSPS) is 25.1. The Morgan fingerprint density at radius 1 is 1.12 bits per heavy atom. The molecule has 0 radical (unpaired) electrons. The minimum Gasteiger partial charge on any atom is -0.354 e. The molecule has 7 nitrogen and oxygen atoms in total. The minimum absolute atomic E-state index is 0.00710. The van der Waals surface area contributed by atoms with Gasteiger partial charge in [-0.3, -0.25) is 9.59 Å². The molecular weight excluding hydrogens is 332 g/mol. The van der Waals surface area contributed by atoms with Crippen molar-refractivity contribution in [1.29, 1.82) is 0 Å². The molecule has 134 valence electrons. The van der Waals surface area contributed by atoms with Crippen LogP contribution in [0.25, 0.3) is 11.4 Å². The van der Waals surface area contributed by atoms with Crippen LogP contribution in [0.1, 0.15) is 54.3 Å². The first-order chi connectivity index (χ1) is 12.7. The second kappa shape index (κ2) is 5.93. The van der Waals surface area contributed by atoms with E-state index < -0.39 is 0 Å². The van der Waals surface area contributed by atoms with Crippen LogP contribution in [0.15, 0.2) is 28.8 Å². The highest BCUT2D eigenvalue weighted by Gasteiger charge is 2.40. The smallest absolute Gasteiger partial charge is 0.254 e. The molecule has 0 unspecified atom stereocenters. The Kier molecular flexibility index (Phi) is 3.55. The monoisotopic (exact) mass is 352 g/mol. The van der Waals surface area contributed by atoms with Crippen molar-refractivity contribution in [1.82, 2.24) is 20.4 Å². The zero-order chi connectivity index (χ0) is 17.7. The Labute approximate surface area is 150 Å². The summed E-state index contributed by atoms with van der Waals surface area (Å²) >= 11 is 0. The third-order valence-electron chi connectivity index (χ3n) is 5.57. The molecule has 2 aromatic rings. The molecule has 1 aromatic heterocycles. The van der Waals surface area contributed by atoms with Crippen LogP contribution in [0.2, 0.25) is 0 Å². The van der Waals surface area contributed by atoms with E-state index in [0.29, 0.717) is 36.2 Å². The number of rotatable bonds is 3. The largest absolute Gasteiger partial charge is 0.354 e. The van der Waals surface area contributed by atoms with E-state index in [1.165, 1.54) is 0 Å². The van der Waals surface area contributed by atoms with Gasteiger partial charge >= 0.3 is 0 Å². The zero-order valence-electron chi connectivity index (χ0n) is 14.4. The van der Waals surface area contributed by atoms with Crippen LogP contribution in [-0.4, -0.2) is 45.5 Å². The van der Waals surface area contributed by atoms with Gasteiger partial charge < -0.3 is 14.7 Å². The summed E-state index contributed by atoms with van der Waals surface area (Å²) in [6, 6.07) is 7.44. The Hall–Kier alpha value is -2.70. The summed E-state index contributed by atoms with van der Waals surface area (Å²) in [4.78, 5) is 31.1. The Bertz CT molecular complexity index is 856. The molecular formula is C19H20N4O3. The first-order valence-corrected chi connectivity index (χ1v) is 9.22. The van der Waals surface area contributed by atoms with E-state index >= 15 is 0 Å². The first-order valence-electron chi connectivity index (χ1n) is 9.22. The fraction of sp³-hybridized carbons (Fsp3) is 0.474. The summed E-state index contributed by atoms with van der Waals surface area (Å²) in [7, 11) is 0. The molecule has 0 spiro atoms. The number of amides is 2. The standard InChI is InChI=1S/C19H20N4O3/c24-16-9-14-7-8-15(10-20-16)23(14)19(25)13-5-1-11(2-6-13)17-21-18(26-22-17)12-3-4-12/h1-2,5-6,12,14-15H,3-4,7-10H2,(H,20,24)/t14-,15+/m1/s1. The van der Waals surface area contributed by atoms with Crippen molar-refractivity contribution in [2.75, 3.05) is 6.54 Å². The van der Waals surface area contributed by atoms with Crippen LogP contribution in [0.4, 0.5) is 0 Å². The molecule has 3 aliphatic rings. The summed E-state index contributed by atoms with van der Waals surface area (Å²) in [6.45, 7) is 0.548. The van der Waals surface area contributed by atoms with Gasteiger partial charge in [-0.25, -0.2) is 0 Å². The van der Waals surface area contributed by atoms with Crippen LogP contribution in [-0.2, 0) is 4.79 Å². The molecule has 2 aliphatic heterocycles. The van der Waals surface area contributed by atoms with Gasteiger partial charge in [0.25, 0.3) is 5.91 Å². The van der Waals surface area contributed by atoms with Crippen LogP contribution in [0, 0.1) is 0 Å². The van der Waals surface area contributed by atoms with E-state index in [0.717, 1.165) is 31.2 Å². The maximum atomic E-state index is 13.0. The first kappa shape index (κ1) is 15.5. The van der Waals surface area contributed by atoms with E-state index in [4.69, 9.17) is 4.52 Å². The summed E-state index contributed by atoms with van der Waals surface area (Å²) in [5.74, 6) is 1.72.